The predicted molar refractivity (Wildman–Crippen MR) is 118 cm³/mol. The molecule has 0 atom stereocenters. The number of sulfone groups is 1. The molecule has 2 aliphatic rings. The standard InChI is InChI=1S/C20H26N6O5S/c1-30-13-24-20(27)26-11-18(12-26)32(28,29)17-7-14(15-9-22-19(21)23-10-15)6-16(8-17)25-2-4-31-5-3-25/h6-10,18H,2-5,11-13H2,1H3,(H,24,27)(H2,21,22,23). The van der Waals surface area contributed by atoms with Gasteiger partial charge in [-0.1, -0.05) is 0 Å². The molecule has 2 aromatic rings. The number of nitrogen functional groups attached to an aromatic ring is 1. The van der Waals surface area contributed by atoms with Crippen LogP contribution in [0.15, 0.2) is 35.5 Å². The van der Waals surface area contributed by atoms with Crippen LogP contribution in [0, 0.1) is 0 Å². The summed E-state index contributed by atoms with van der Waals surface area (Å²) in [7, 11) is -2.20. The molecule has 0 unspecified atom stereocenters. The third-order valence-corrected chi connectivity index (χ3v) is 7.61. The van der Waals surface area contributed by atoms with Gasteiger partial charge in [0.25, 0.3) is 0 Å². The third kappa shape index (κ3) is 4.61. The van der Waals surface area contributed by atoms with Crippen LogP contribution in [-0.2, 0) is 19.3 Å². The number of hydrogen-bond donors (Lipinski definition) is 2. The highest BCUT2D eigenvalue weighted by atomic mass is 32.2. The van der Waals surface area contributed by atoms with Crippen LogP contribution in [0.3, 0.4) is 0 Å². The SMILES string of the molecule is COCNC(=O)N1CC(S(=O)(=O)c2cc(-c3cnc(N)nc3)cc(N3CCOCC3)c2)C1. The van der Waals surface area contributed by atoms with Crippen LogP contribution in [0.25, 0.3) is 11.1 Å². The Bertz CT molecular complexity index is 1070. The second-order valence-corrected chi connectivity index (χ2v) is 9.86. The minimum atomic E-state index is -3.67. The molecule has 0 spiro atoms. The minimum absolute atomic E-state index is 0.0708. The molecular formula is C20H26N6O5S. The highest BCUT2D eigenvalue weighted by Crippen LogP contribution is 2.32. The van der Waals surface area contributed by atoms with Gasteiger partial charge >= 0.3 is 6.03 Å². The number of nitrogens with zero attached hydrogens (tertiary/aromatic N) is 4. The summed E-state index contributed by atoms with van der Waals surface area (Å²) in [6.07, 6.45) is 3.14. The van der Waals surface area contributed by atoms with Crippen molar-refractivity contribution in [1.29, 1.82) is 0 Å². The van der Waals surface area contributed by atoms with Crippen molar-refractivity contribution < 1.29 is 22.7 Å². The number of urea groups is 1. The van der Waals surface area contributed by atoms with Gasteiger partial charge in [-0.15, -0.1) is 0 Å². The summed E-state index contributed by atoms with van der Waals surface area (Å²) in [6, 6.07) is 4.89. The van der Waals surface area contributed by atoms with Gasteiger partial charge in [-0.2, -0.15) is 0 Å². The number of likely N-dealkylation sites (tertiary alicyclic amines) is 1. The van der Waals surface area contributed by atoms with Crippen molar-refractivity contribution in [3.05, 3.63) is 30.6 Å². The average molecular weight is 463 g/mol. The molecule has 0 aliphatic carbocycles. The van der Waals surface area contributed by atoms with Gasteiger partial charge in [0, 0.05) is 56.9 Å². The summed E-state index contributed by atoms with van der Waals surface area (Å²) >= 11 is 0. The lowest BCUT2D eigenvalue weighted by Gasteiger charge is -2.38. The van der Waals surface area contributed by atoms with Crippen molar-refractivity contribution in [2.24, 2.45) is 0 Å². The molecular weight excluding hydrogens is 436 g/mol. The van der Waals surface area contributed by atoms with E-state index >= 15 is 0 Å². The number of nitrogens with one attached hydrogen (secondary N) is 1. The van der Waals surface area contributed by atoms with Crippen molar-refractivity contribution in [1.82, 2.24) is 20.2 Å². The van der Waals surface area contributed by atoms with Crippen molar-refractivity contribution >= 4 is 27.5 Å². The lowest BCUT2D eigenvalue weighted by molar-refractivity contribution is 0.122. The van der Waals surface area contributed by atoms with Gasteiger partial charge in [0.05, 0.1) is 18.1 Å². The monoisotopic (exact) mass is 462 g/mol. The molecule has 4 rings (SSSR count). The maximum Gasteiger partial charge on any atom is 0.319 e. The highest BCUT2D eigenvalue weighted by molar-refractivity contribution is 7.92. The molecule has 2 aliphatic heterocycles. The molecule has 11 nitrogen and oxygen atoms in total. The fraction of sp³-hybridized carbons (Fsp3) is 0.450. The number of carbonyl (C=O) groups is 1. The zero-order chi connectivity index (χ0) is 22.7. The zero-order valence-electron chi connectivity index (χ0n) is 17.7. The molecule has 3 N–H and O–H groups in total. The molecule has 1 aromatic heterocycles. The molecule has 0 radical (unpaired) electrons. The van der Waals surface area contributed by atoms with Crippen molar-refractivity contribution in [2.75, 3.05) is 63.9 Å². The molecule has 32 heavy (non-hydrogen) atoms. The number of hydrogen-bond acceptors (Lipinski definition) is 9. The number of ether oxygens (including phenoxy) is 2. The van der Waals surface area contributed by atoms with E-state index in [9.17, 15) is 13.2 Å². The molecule has 2 amide bonds. The van der Waals surface area contributed by atoms with Crippen molar-refractivity contribution in [2.45, 2.75) is 10.1 Å². The van der Waals surface area contributed by atoms with Gasteiger partial charge in [-0.05, 0) is 23.8 Å². The van der Waals surface area contributed by atoms with E-state index in [1.54, 1.807) is 24.5 Å². The fourth-order valence-electron chi connectivity index (χ4n) is 3.64. The van der Waals surface area contributed by atoms with E-state index in [4.69, 9.17) is 15.2 Å². The smallest absolute Gasteiger partial charge is 0.319 e. The lowest BCUT2D eigenvalue weighted by atomic mass is 10.1. The van der Waals surface area contributed by atoms with E-state index in [-0.39, 0.29) is 36.7 Å². The Balaban J connectivity index is 1.62. The van der Waals surface area contributed by atoms with E-state index in [1.807, 2.05) is 6.07 Å². The predicted octanol–water partition coefficient (Wildman–Crippen LogP) is 0.334. The Hall–Kier alpha value is -2.96. The number of amides is 2. The maximum atomic E-state index is 13.4. The van der Waals surface area contributed by atoms with Gasteiger partial charge in [-0.3, -0.25) is 0 Å². The van der Waals surface area contributed by atoms with Crippen LogP contribution >= 0.6 is 0 Å². The van der Waals surface area contributed by atoms with E-state index in [0.29, 0.717) is 37.4 Å². The number of morpholine rings is 1. The summed E-state index contributed by atoms with van der Waals surface area (Å²) in [4.78, 5) is 23.8. The normalized spacial score (nSPS) is 17.2. The van der Waals surface area contributed by atoms with Crippen molar-refractivity contribution in [3.8, 4) is 11.1 Å². The second kappa shape index (κ2) is 9.27. The second-order valence-electron chi connectivity index (χ2n) is 7.63. The molecule has 0 bridgehead atoms. The Labute approximate surface area is 186 Å². The van der Waals surface area contributed by atoms with E-state index < -0.39 is 15.1 Å². The van der Waals surface area contributed by atoms with E-state index in [2.05, 4.69) is 20.2 Å². The first-order chi connectivity index (χ1) is 15.4. The fourth-order valence-corrected chi connectivity index (χ4v) is 5.36. The quantitative estimate of drug-likeness (QED) is 0.581. The van der Waals surface area contributed by atoms with Crippen LogP contribution in [0.2, 0.25) is 0 Å². The number of nitrogens with two attached hydrogens (primary N) is 1. The Morgan fingerprint density at radius 3 is 2.53 bits per heavy atom. The Morgan fingerprint density at radius 1 is 1.19 bits per heavy atom. The molecule has 1 aromatic carbocycles. The first kappa shape index (κ1) is 22.2. The molecule has 12 heteroatoms. The molecule has 3 heterocycles. The number of benzene rings is 1. The first-order valence-corrected chi connectivity index (χ1v) is 11.7. The Morgan fingerprint density at radius 2 is 1.88 bits per heavy atom. The number of aromatic nitrogens is 2. The van der Waals surface area contributed by atoms with E-state index in [0.717, 1.165) is 5.69 Å². The summed E-state index contributed by atoms with van der Waals surface area (Å²) in [6.45, 7) is 2.80. The van der Waals surface area contributed by atoms with E-state index in [1.165, 1.54) is 12.0 Å². The number of carbonyl (C=O) groups excluding carboxylic acids is 1. The van der Waals surface area contributed by atoms with Gasteiger partial charge in [-0.25, -0.2) is 23.2 Å². The topological polar surface area (TPSA) is 140 Å². The molecule has 172 valence electrons. The largest absolute Gasteiger partial charge is 0.378 e. The maximum absolute atomic E-state index is 13.4. The highest BCUT2D eigenvalue weighted by Gasteiger charge is 2.41. The zero-order valence-corrected chi connectivity index (χ0v) is 18.5. The average Bonchev–Trinajstić information content (AvgIpc) is 2.77. The Kier molecular flexibility index (Phi) is 6.44. The van der Waals surface area contributed by atoms with Gasteiger partial charge < -0.3 is 30.3 Å². The number of methoxy groups -OCH3 is 1. The summed E-state index contributed by atoms with van der Waals surface area (Å²) in [5.41, 5.74) is 7.73. The summed E-state index contributed by atoms with van der Waals surface area (Å²) in [5.74, 6) is 0.146. The van der Waals surface area contributed by atoms with Crippen LogP contribution in [0.1, 0.15) is 0 Å². The lowest BCUT2D eigenvalue weighted by Crippen LogP contribution is -2.59. The van der Waals surface area contributed by atoms with Crippen LogP contribution in [0.4, 0.5) is 16.4 Å². The van der Waals surface area contributed by atoms with Gasteiger partial charge in [0.15, 0.2) is 9.84 Å². The number of rotatable bonds is 6. The summed E-state index contributed by atoms with van der Waals surface area (Å²) in [5, 5.41) is 1.89. The molecule has 2 saturated heterocycles. The molecule has 2 fully saturated rings. The van der Waals surface area contributed by atoms with Gasteiger partial charge in [0.2, 0.25) is 5.95 Å². The minimum Gasteiger partial charge on any atom is -0.378 e. The van der Waals surface area contributed by atoms with Gasteiger partial charge in [0.1, 0.15) is 12.0 Å². The number of anilines is 2. The van der Waals surface area contributed by atoms with Crippen LogP contribution in [-0.4, -0.2) is 87.8 Å². The third-order valence-electron chi connectivity index (χ3n) is 5.54. The van der Waals surface area contributed by atoms with Crippen LogP contribution in [0.5, 0.6) is 0 Å². The first-order valence-electron chi connectivity index (χ1n) is 10.2. The molecule has 0 saturated carbocycles. The van der Waals surface area contributed by atoms with Crippen LogP contribution < -0.4 is 16.0 Å². The van der Waals surface area contributed by atoms with Crippen molar-refractivity contribution in [3.63, 3.8) is 0 Å². The summed E-state index contributed by atoms with van der Waals surface area (Å²) < 4.78 is 37.0.